The van der Waals surface area contributed by atoms with E-state index in [2.05, 4.69) is 25.5 Å². The third kappa shape index (κ3) is 6.65. The molecular weight excluding hydrogens is 391 g/mol. The fourth-order valence-corrected chi connectivity index (χ4v) is 3.93. The number of rotatable bonds is 8. The molecule has 0 aliphatic heterocycles. The van der Waals surface area contributed by atoms with Crippen LogP contribution in [0.2, 0.25) is 0 Å². The summed E-state index contributed by atoms with van der Waals surface area (Å²) in [5.74, 6) is -0.543. The van der Waals surface area contributed by atoms with E-state index in [-0.39, 0.29) is 41.5 Å². The van der Waals surface area contributed by atoms with Crippen LogP contribution < -0.4 is 4.72 Å². The average Bonchev–Trinajstić information content (AvgIpc) is 2.65. The van der Waals surface area contributed by atoms with Gasteiger partial charge in [0.15, 0.2) is 0 Å². The summed E-state index contributed by atoms with van der Waals surface area (Å²) in [5, 5.41) is 0. The Morgan fingerprint density at radius 3 is 2.31 bits per heavy atom. The first kappa shape index (κ1) is 23.0. The Morgan fingerprint density at radius 1 is 1.10 bits per heavy atom. The van der Waals surface area contributed by atoms with Gasteiger partial charge in [-0.3, -0.25) is 4.79 Å². The third-order valence-corrected chi connectivity index (χ3v) is 6.14. The highest BCUT2D eigenvalue weighted by Crippen LogP contribution is 2.23. The Bertz CT molecular complexity index is 935. The van der Waals surface area contributed by atoms with Crippen LogP contribution in [-0.4, -0.2) is 32.3 Å². The van der Waals surface area contributed by atoms with Gasteiger partial charge in [0.2, 0.25) is 15.9 Å². The molecule has 0 fully saturated rings. The van der Waals surface area contributed by atoms with Gasteiger partial charge in [-0.2, -0.15) is 0 Å². The molecule has 0 unspecified atom stereocenters. The van der Waals surface area contributed by atoms with Crippen LogP contribution in [0.25, 0.3) is 0 Å². The van der Waals surface area contributed by atoms with Crippen molar-refractivity contribution in [2.75, 3.05) is 13.1 Å². The molecule has 0 saturated heterocycles. The molecule has 2 aromatic carbocycles. The van der Waals surface area contributed by atoms with E-state index in [1.807, 2.05) is 6.92 Å². The summed E-state index contributed by atoms with van der Waals surface area (Å²) in [6.07, 6.45) is 0.0302. The Labute approximate surface area is 173 Å². The van der Waals surface area contributed by atoms with E-state index in [0.717, 1.165) is 5.56 Å². The molecule has 0 spiro atoms. The molecule has 0 heterocycles. The van der Waals surface area contributed by atoms with Crippen LogP contribution in [0.4, 0.5) is 4.39 Å². The fraction of sp³-hybridized carbons (Fsp3) is 0.409. The van der Waals surface area contributed by atoms with Gasteiger partial charge in [-0.1, -0.05) is 45.0 Å². The van der Waals surface area contributed by atoms with E-state index in [1.165, 1.54) is 12.1 Å². The number of nitrogens with one attached hydrogen (secondary N) is 1. The Kier molecular flexibility index (Phi) is 7.54. The maximum atomic E-state index is 13.3. The zero-order chi connectivity index (χ0) is 21.7. The van der Waals surface area contributed by atoms with Crippen LogP contribution in [0.3, 0.4) is 0 Å². The Morgan fingerprint density at radius 2 is 1.76 bits per heavy atom. The van der Waals surface area contributed by atoms with Crippen molar-refractivity contribution in [1.82, 2.24) is 9.62 Å². The number of sulfonamides is 1. The highest BCUT2D eigenvalue weighted by molar-refractivity contribution is 7.89. The molecule has 1 amide bonds. The van der Waals surface area contributed by atoms with Crippen LogP contribution in [0.15, 0.2) is 53.4 Å². The van der Waals surface area contributed by atoms with Gasteiger partial charge < -0.3 is 4.90 Å². The molecule has 0 aliphatic rings. The van der Waals surface area contributed by atoms with Crippen LogP contribution in [0, 0.1) is 5.82 Å². The monoisotopic (exact) mass is 420 g/mol. The van der Waals surface area contributed by atoms with Gasteiger partial charge in [-0.25, -0.2) is 17.5 Å². The minimum atomic E-state index is -3.69. The van der Waals surface area contributed by atoms with Crippen molar-refractivity contribution in [1.29, 1.82) is 0 Å². The van der Waals surface area contributed by atoms with E-state index >= 15 is 0 Å². The quantitative estimate of drug-likeness (QED) is 0.706. The summed E-state index contributed by atoms with van der Waals surface area (Å²) in [4.78, 5) is 14.2. The number of hydrogen-bond donors (Lipinski definition) is 1. The SMILES string of the molecule is CCN(Cc1cccc(F)c1)C(=O)CCNS(=O)(=O)c1ccc(C(C)(C)C)cc1. The van der Waals surface area contributed by atoms with Gasteiger partial charge >= 0.3 is 0 Å². The number of carbonyl (C=O) groups is 1. The summed E-state index contributed by atoms with van der Waals surface area (Å²) in [7, 11) is -3.69. The van der Waals surface area contributed by atoms with E-state index in [9.17, 15) is 17.6 Å². The molecule has 158 valence electrons. The predicted octanol–water partition coefficient (Wildman–Crippen LogP) is 3.84. The standard InChI is InChI=1S/C22H29FN2O3S/c1-5-25(16-17-7-6-8-19(23)15-17)21(26)13-14-24-29(27,28)20-11-9-18(10-12-20)22(2,3)4/h6-12,15,24H,5,13-14,16H2,1-4H3. The van der Waals surface area contributed by atoms with Crippen molar-refractivity contribution in [3.05, 3.63) is 65.5 Å². The number of amides is 1. The van der Waals surface area contributed by atoms with E-state index < -0.39 is 10.0 Å². The van der Waals surface area contributed by atoms with Crippen molar-refractivity contribution in [3.8, 4) is 0 Å². The molecule has 0 saturated carbocycles. The number of carbonyl (C=O) groups excluding carboxylic acids is 1. The van der Waals surface area contributed by atoms with E-state index in [0.29, 0.717) is 12.1 Å². The normalized spacial score (nSPS) is 12.0. The van der Waals surface area contributed by atoms with E-state index in [4.69, 9.17) is 0 Å². The van der Waals surface area contributed by atoms with Gasteiger partial charge in [0.25, 0.3) is 0 Å². The number of benzene rings is 2. The first-order chi connectivity index (χ1) is 13.5. The molecule has 7 heteroatoms. The molecular formula is C22H29FN2O3S. The van der Waals surface area contributed by atoms with Crippen molar-refractivity contribution < 1.29 is 17.6 Å². The minimum Gasteiger partial charge on any atom is -0.339 e. The summed E-state index contributed by atoms with van der Waals surface area (Å²) < 4.78 is 40.7. The minimum absolute atomic E-state index is 0.00183. The average molecular weight is 421 g/mol. The Balaban J connectivity index is 1.93. The molecule has 0 aliphatic carbocycles. The first-order valence-electron chi connectivity index (χ1n) is 9.65. The van der Waals surface area contributed by atoms with Gasteiger partial charge in [0.05, 0.1) is 4.90 Å². The van der Waals surface area contributed by atoms with E-state index in [1.54, 1.807) is 41.3 Å². The maximum absolute atomic E-state index is 13.3. The second-order valence-electron chi connectivity index (χ2n) is 7.96. The van der Waals surface area contributed by atoms with Crippen LogP contribution in [0.1, 0.15) is 45.2 Å². The zero-order valence-corrected chi connectivity index (χ0v) is 18.2. The van der Waals surface area contributed by atoms with Crippen LogP contribution in [0.5, 0.6) is 0 Å². The summed E-state index contributed by atoms with van der Waals surface area (Å²) >= 11 is 0. The van der Waals surface area contributed by atoms with Crippen molar-refractivity contribution >= 4 is 15.9 Å². The van der Waals surface area contributed by atoms with Crippen molar-refractivity contribution in [2.45, 2.75) is 51.0 Å². The summed E-state index contributed by atoms with van der Waals surface area (Å²) in [5.41, 5.74) is 1.68. The molecule has 0 bridgehead atoms. The fourth-order valence-electron chi connectivity index (χ4n) is 2.90. The van der Waals surface area contributed by atoms with Crippen molar-refractivity contribution in [3.63, 3.8) is 0 Å². The lowest BCUT2D eigenvalue weighted by Crippen LogP contribution is -2.34. The molecule has 2 aromatic rings. The topological polar surface area (TPSA) is 66.5 Å². The Hall–Kier alpha value is -2.25. The molecule has 0 aromatic heterocycles. The summed E-state index contributed by atoms with van der Waals surface area (Å²) in [6.45, 7) is 8.75. The highest BCUT2D eigenvalue weighted by atomic mass is 32.2. The lowest BCUT2D eigenvalue weighted by Gasteiger charge is -2.21. The maximum Gasteiger partial charge on any atom is 0.240 e. The smallest absolute Gasteiger partial charge is 0.240 e. The zero-order valence-electron chi connectivity index (χ0n) is 17.4. The number of nitrogens with zero attached hydrogens (tertiary/aromatic N) is 1. The van der Waals surface area contributed by atoms with Crippen LogP contribution >= 0.6 is 0 Å². The number of halogens is 1. The molecule has 5 nitrogen and oxygen atoms in total. The van der Waals surface area contributed by atoms with Crippen LogP contribution in [-0.2, 0) is 26.8 Å². The highest BCUT2D eigenvalue weighted by Gasteiger charge is 2.19. The van der Waals surface area contributed by atoms with Crippen molar-refractivity contribution in [2.24, 2.45) is 0 Å². The predicted molar refractivity (Wildman–Crippen MR) is 112 cm³/mol. The second-order valence-corrected chi connectivity index (χ2v) is 9.73. The second kappa shape index (κ2) is 9.50. The third-order valence-electron chi connectivity index (χ3n) is 4.66. The first-order valence-corrected chi connectivity index (χ1v) is 11.1. The lowest BCUT2D eigenvalue weighted by atomic mass is 9.87. The molecule has 0 radical (unpaired) electrons. The van der Waals surface area contributed by atoms with Gasteiger partial charge in [-0.15, -0.1) is 0 Å². The molecule has 1 N–H and O–H groups in total. The van der Waals surface area contributed by atoms with Gasteiger partial charge in [-0.05, 0) is 47.7 Å². The summed E-state index contributed by atoms with van der Waals surface area (Å²) in [6, 6.07) is 12.9. The molecule has 2 rings (SSSR count). The lowest BCUT2D eigenvalue weighted by molar-refractivity contribution is -0.131. The largest absolute Gasteiger partial charge is 0.339 e. The molecule has 29 heavy (non-hydrogen) atoms. The number of hydrogen-bond acceptors (Lipinski definition) is 3. The van der Waals surface area contributed by atoms with Gasteiger partial charge in [0.1, 0.15) is 5.82 Å². The van der Waals surface area contributed by atoms with Gasteiger partial charge in [0, 0.05) is 26.1 Å². The molecule has 0 atom stereocenters.